The summed E-state index contributed by atoms with van der Waals surface area (Å²) in [4.78, 5) is 100. The molecule has 19 nitrogen and oxygen atoms in total. The number of carbonyl (C=O) groups excluding carboxylic acids is 6. The van der Waals surface area contributed by atoms with E-state index >= 15 is 0 Å². The van der Waals surface area contributed by atoms with Gasteiger partial charge in [0.1, 0.15) is 42.5 Å². The number of phenols is 1. The lowest BCUT2D eigenvalue weighted by atomic mass is 10.0. The van der Waals surface area contributed by atoms with E-state index in [2.05, 4.69) is 46.9 Å². The predicted octanol–water partition coefficient (Wildman–Crippen LogP) is -1.96. The van der Waals surface area contributed by atoms with Crippen LogP contribution in [0.5, 0.6) is 5.75 Å². The van der Waals surface area contributed by atoms with Crippen LogP contribution in [0, 0.1) is 0 Å². The highest BCUT2D eigenvalue weighted by atomic mass is 16.4. The quantitative estimate of drug-likeness (QED) is 0.0529. The second-order valence-corrected chi connectivity index (χ2v) is 12.9. The van der Waals surface area contributed by atoms with E-state index in [1.165, 1.54) is 36.8 Å². The number of carboxylic acids is 1. The van der Waals surface area contributed by atoms with Crippen molar-refractivity contribution in [3.63, 3.8) is 0 Å². The number of phenolic OH excluding ortho intramolecular Hbond substituents is 1. The molecule has 4 aromatic rings. The Balaban J connectivity index is 1.36. The van der Waals surface area contributed by atoms with Gasteiger partial charge in [0.15, 0.2) is 0 Å². The van der Waals surface area contributed by atoms with Gasteiger partial charge >= 0.3 is 5.97 Å². The molecular weight excluding hydrogens is 718 g/mol. The monoisotopic (exact) mass is 759 g/mol. The predicted molar refractivity (Wildman–Crippen MR) is 193 cm³/mol. The maximum Gasteiger partial charge on any atom is 0.322 e. The van der Waals surface area contributed by atoms with Crippen LogP contribution in [0.3, 0.4) is 0 Å². The lowest BCUT2D eigenvalue weighted by molar-refractivity contribution is -0.138. The minimum absolute atomic E-state index is 0.0469. The SMILES string of the molecule is O=C(O)CNC(=O)C(Cc1ccc(O)cc1)NC(=O)C(CO)NC(=O)C(Cc1c[nH]c2ccccc12)NC(=O)C(Cc1cnc[nH]1)NC(=O)C1CCC(=O)N1. The molecule has 0 spiro atoms. The molecule has 0 bridgehead atoms. The number of nitrogens with one attached hydrogen (secondary N) is 8. The molecule has 55 heavy (non-hydrogen) atoms. The van der Waals surface area contributed by atoms with Crippen LogP contribution in [-0.4, -0.2) is 115 Å². The summed E-state index contributed by atoms with van der Waals surface area (Å²) in [5.74, 6) is -5.81. The number of aromatic amines is 2. The number of H-pyrrole nitrogens is 2. The van der Waals surface area contributed by atoms with Crippen LogP contribution < -0.4 is 31.9 Å². The van der Waals surface area contributed by atoms with Crippen molar-refractivity contribution in [2.45, 2.75) is 62.3 Å². The number of aromatic hydroxyl groups is 1. The Hall–Kier alpha value is -6.76. The molecule has 5 unspecified atom stereocenters. The van der Waals surface area contributed by atoms with Gasteiger partial charge in [-0.2, -0.15) is 0 Å². The Morgan fingerprint density at radius 3 is 2.09 bits per heavy atom. The number of hydrogen-bond acceptors (Lipinski definition) is 10. The summed E-state index contributed by atoms with van der Waals surface area (Å²) in [6, 6.07) is 6.45. The van der Waals surface area contributed by atoms with Gasteiger partial charge in [-0.05, 0) is 35.7 Å². The average Bonchev–Trinajstić information content (AvgIpc) is 3.94. The fourth-order valence-electron chi connectivity index (χ4n) is 6.01. The molecule has 6 amide bonds. The van der Waals surface area contributed by atoms with Crippen molar-refractivity contribution in [2.24, 2.45) is 0 Å². The zero-order valence-corrected chi connectivity index (χ0v) is 29.3. The summed E-state index contributed by atoms with van der Waals surface area (Å²) in [7, 11) is 0. The molecule has 2 aromatic carbocycles. The second-order valence-electron chi connectivity index (χ2n) is 12.9. The molecule has 1 aliphatic rings. The molecule has 5 rings (SSSR count). The van der Waals surface area contributed by atoms with Crippen LogP contribution in [0.25, 0.3) is 10.9 Å². The van der Waals surface area contributed by atoms with Gasteiger partial charge in [-0.15, -0.1) is 0 Å². The highest BCUT2D eigenvalue weighted by molar-refractivity contribution is 5.98. The van der Waals surface area contributed by atoms with Gasteiger partial charge in [0, 0.05) is 54.7 Å². The van der Waals surface area contributed by atoms with E-state index in [4.69, 9.17) is 5.11 Å². The first kappa shape index (κ1) is 39.4. The number of carboxylic acid groups (broad SMARTS) is 1. The standard InChI is InChI=1S/C36H41N9O10/c46-17-29(36(55)42-26(32(51)39-16-31(49)50)11-19-5-7-22(47)8-6-19)45-34(53)27(12-20-14-38-24-4-2-1-3-23(20)24)43-35(54)28(13-21-15-37-18-40-21)44-33(52)25-9-10-30(48)41-25/h1-8,14-15,18,25-29,38,46-47H,9-13,16-17H2,(H,37,40)(H,39,51)(H,41,48)(H,42,55)(H,43,54)(H,44,52)(H,45,53)(H,49,50). The summed E-state index contributed by atoms with van der Waals surface area (Å²) >= 11 is 0. The van der Waals surface area contributed by atoms with E-state index < -0.39 is 78.9 Å². The van der Waals surface area contributed by atoms with Crippen molar-refractivity contribution < 1.29 is 48.9 Å². The fourth-order valence-corrected chi connectivity index (χ4v) is 6.01. The third-order valence-corrected chi connectivity index (χ3v) is 8.89. The van der Waals surface area contributed by atoms with Gasteiger partial charge in [-0.3, -0.25) is 33.6 Å². The van der Waals surface area contributed by atoms with Crippen LogP contribution in [0.1, 0.15) is 29.7 Å². The molecule has 19 heteroatoms. The molecule has 290 valence electrons. The third-order valence-electron chi connectivity index (χ3n) is 8.89. The number of fused-ring (bicyclic) bond motifs is 1. The number of rotatable bonds is 18. The zero-order valence-electron chi connectivity index (χ0n) is 29.3. The summed E-state index contributed by atoms with van der Waals surface area (Å²) in [6.07, 6.45) is 4.58. The van der Waals surface area contributed by atoms with Crippen molar-refractivity contribution in [1.82, 2.24) is 46.9 Å². The third kappa shape index (κ3) is 10.9. The largest absolute Gasteiger partial charge is 0.508 e. The van der Waals surface area contributed by atoms with E-state index in [1.807, 2.05) is 18.2 Å². The molecule has 11 N–H and O–H groups in total. The van der Waals surface area contributed by atoms with Crippen LogP contribution in [0.2, 0.25) is 0 Å². The van der Waals surface area contributed by atoms with Gasteiger partial charge in [0.05, 0.1) is 12.9 Å². The molecule has 3 heterocycles. The number of imidazole rings is 1. The van der Waals surface area contributed by atoms with Crippen molar-refractivity contribution in [3.05, 3.63) is 84.1 Å². The van der Waals surface area contributed by atoms with Crippen molar-refractivity contribution in [3.8, 4) is 5.75 Å². The number of hydrogen-bond donors (Lipinski definition) is 11. The Morgan fingerprint density at radius 1 is 0.800 bits per heavy atom. The minimum Gasteiger partial charge on any atom is -0.508 e. The first-order valence-corrected chi connectivity index (χ1v) is 17.3. The molecule has 5 atom stereocenters. The highest BCUT2D eigenvalue weighted by Gasteiger charge is 2.34. The molecular formula is C36H41N9O10. The summed E-state index contributed by atoms with van der Waals surface area (Å²) in [5.41, 5.74) is 2.35. The summed E-state index contributed by atoms with van der Waals surface area (Å²) in [6.45, 7) is -1.67. The number of aromatic nitrogens is 3. The maximum atomic E-state index is 14.0. The van der Waals surface area contributed by atoms with Crippen molar-refractivity contribution in [1.29, 1.82) is 0 Å². The van der Waals surface area contributed by atoms with Crippen LogP contribution in [0.15, 0.2) is 67.3 Å². The van der Waals surface area contributed by atoms with E-state index in [0.29, 0.717) is 16.8 Å². The second kappa shape index (κ2) is 18.3. The molecule has 0 saturated carbocycles. The lowest BCUT2D eigenvalue weighted by Crippen LogP contribution is -2.60. The smallest absolute Gasteiger partial charge is 0.322 e. The van der Waals surface area contributed by atoms with Gasteiger partial charge in [-0.1, -0.05) is 30.3 Å². The molecule has 1 saturated heterocycles. The summed E-state index contributed by atoms with van der Waals surface area (Å²) < 4.78 is 0. The molecule has 0 aliphatic carbocycles. The fraction of sp³-hybridized carbons (Fsp3) is 0.333. The Bertz CT molecular complexity index is 2020. The summed E-state index contributed by atoms with van der Waals surface area (Å²) in [5, 5.41) is 44.6. The Kier molecular flexibility index (Phi) is 13.1. The van der Waals surface area contributed by atoms with Crippen LogP contribution in [-0.2, 0) is 52.8 Å². The normalized spacial score (nSPS) is 15.9. The van der Waals surface area contributed by atoms with E-state index in [1.54, 1.807) is 12.3 Å². The molecule has 1 aliphatic heterocycles. The number of aliphatic hydroxyl groups excluding tert-OH is 1. The Morgan fingerprint density at radius 2 is 1.45 bits per heavy atom. The van der Waals surface area contributed by atoms with Crippen LogP contribution in [0.4, 0.5) is 0 Å². The van der Waals surface area contributed by atoms with E-state index in [-0.39, 0.29) is 43.8 Å². The van der Waals surface area contributed by atoms with Crippen molar-refractivity contribution >= 4 is 52.3 Å². The molecule has 2 aromatic heterocycles. The number of para-hydroxylation sites is 1. The van der Waals surface area contributed by atoms with Gasteiger partial charge in [0.25, 0.3) is 0 Å². The number of benzene rings is 2. The van der Waals surface area contributed by atoms with Gasteiger partial charge < -0.3 is 57.2 Å². The van der Waals surface area contributed by atoms with E-state index in [0.717, 1.165) is 10.9 Å². The van der Waals surface area contributed by atoms with E-state index in [9.17, 15) is 43.8 Å². The van der Waals surface area contributed by atoms with Gasteiger partial charge in [0.2, 0.25) is 35.4 Å². The number of aliphatic hydroxyl groups is 1. The Labute approximate surface area is 313 Å². The number of carbonyl (C=O) groups is 7. The van der Waals surface area contributed by atoms with Crippen molar-refractivity contribution in [2.75, 3.05) is 13.2 Å². The lowest BCUT2D eigenvalue weighted by Gasteiger charge is -2.26. The molecule has 1 fully saturated rings. The maximum absolute atomic E-state index is 14.0. The van der Waals surface area contributed by atoms with Gasteiger partial charge in [-0.25, -0.2) is 4.98 Å². The number of aliphatic carboxylic acids is 1. The number of nitrogens with zero attached hydrogens (tertiary/aromatic N) is 1. The topological polar surface area (TPSA) is 297 Å². The first-order chi connectivity index (χ1) is 26.4. The minimum atomic E-state index is -1.64. The first-order valence-electron chi connectivity index (χ1n) is 17.3. The highest BCUT2D eigenvalue weighted by Crippen LogP contribution is 2.20. The zero-order chi connectivity index (χ0) is 39.5. The number of amides is 6. The van der Waals surface area contributed by atoms with Crippen LogP contribution >= 0.6 is 0 Å². The average molecular weight is 760 g/mol. The molecule has 0 radical (unpaired) electrons.